The van der Waals surface area contributed by atoms with Gasteiger partial charge in [-0.25, -0.2) is 9.97 Å². The largest absolute Gasteiger partial charge is 0.456 e. The van der Waals surface area contributed by atoms with Crippen molar-refractivity contribution in [1.82, 2.24) is 19.1 Å². The molecule has 4 aromatic heterocycles. The maximum atomic E-state index is 6.17. The monoisotopic (exact) mass is 652 g/mol. The number of benzene rings is 7. The van der Waals surface area contributed by atoms with Gasteiger partial charge in [0.1, 0.15) is 17.0 Å². The first-order valence-electron chi connectivity index (χ1n) is 17.2. The lowest BCUT2D eigenvalue weighted by molar-refractivity contribution is 0.669. The fourth-order valence-corrected chi connectivity index (χ4v) is 7.83. The number of aromatic nitrogens is 4. The number of fused-ring (bicyclic) bond motifs is 9. The Labute approximate surface area is 292 Å². The highest BCUT2D eigenvalue weighted by atomic mass is 16.3. The summed E-state index contributed by atoms with van der Waals surface area (Å²) in [5.41, 5.74) is 10.2. The molecule has 4 heterocycles. The lowest BCUT2D eigenvalue weighted by Gasteiger charge is -2.13. The Hall–Kier alpha value is -6.98. The average Bonchev–Trinajstić information content (AvgIpc) is 3.84. The summed E-state index contributed by atoms with van der Waals surface area (Å²) >= 11 is 0. The van der Waals surface area contributed by atoms with E-state index in [1.807, 2.05) is 30.3 Å². The van der Waals surface area contributed by atoms with Crippen molar-refractivity contribution >= 4 is 65.6 Å². The number of hydrogen-bond acceptors (Lipinski definition) is 3. The first-order chi connectivity index (χ1) is 25.3. The minimum absolute atomic E-state index is 0.656. The highest BCUT2D eigenvalue weighted by Crippen LogP contribution is 2.40. The molecule has 5 nitrogen and oxygen atoms in total. The number of furan rings is 1. The molecule has 0 saturated carbocycles. The number of rotatable bonds is 4. The van der Waals surface area contributed by atoms with Crippen LogP contribution in [0.4, 0.5) is 0 Å². The maximum absolute atomic E-state index is 6.17. The van der Waals surface area contributed by atoms with E-state index in [1.165, 1.54) is 27.1 Å². The van der Waals surface area contributed by atoms with Crippen molar-refractivity contribution in [3.63, 3.8) is 0 Å². The van der Waals surface area contributed by atoms with E-state index in [1.54, 1.807) is 0 Å². The zero-order valence-electron chi connectivity index (χ0n) is 27.4. The molecule has 0 saturated heterocycles. The van der Waals surface area contributed by atoms with E-state index in [9.17, 15) is 0 Å². The summed E-state index contributed by atoms with van der Waals surface area (Å²) in [6.45, 7) is 0. The molecule has 0 aliphatic heterocycles. The van der Waals surface area contributed by atoms with Crippen LogP contribution in [0.15, 0.2) is 174 Å². The quantitative estimate of drug-likeness (QED) is 0.190. The molecule has 238 valence electrons. The molecule has 0 atom stereocenters. The van der Waals surface area contributed by atoms with Gasteiger partial charge in [0.05, 0.1) is 27.8 Å². The summed E-state index contributed by atoms with van der Waals surface area (Å²) < 4.78 is 10.8. The zero-order valence-corrected chi connectivity index (χ0v) is 27.4. The van der Waals surface area contributed by atoms with Crippen LogP contribution in [0.5, 0.6) is 0 Å². The second kappa shape index (κ2) is 10.8. The summed E-state index contributed by atoms with van der Waals surface area (Å²) in [7, 11) is 0. The average molecular weight is 653 g/mol. The van der Waals surface area contributed by atoms with Gasteiger partial charge in [0, 0.05) is 55.2 Å². The standard InChI is InChI=1S/C46H28N4O/c1-3-13-29(14-4-1)38-27-45(48-46(47-38)30-23-24-44-37(25-30)34-19-9-12-22-43(34)51-44)50-40-21-11-8-18-33(40)36-26-35-32-17-7-10-20-39(32)49(41(35)28-42(36)50)31-15-5-2-6-16-31/h1-28H. The molecule has 0 unspecified atom stereocenters. The molecule has 0 fully saturated rings. The first kappa shape index (κ1) is 27.9. The molecule has 0 spiro atoms. The maximum Gasteiger partial charge on any atom is 0.162 e. The zero-order chi connectivity index (χ0) is 33.5. The van der Waals surface area contributed by atoms with Gasteiger partial charge >= 0.3 is 0 Å². The third kappa shape index (κ3) is 4.22. The highest BCUT2D eigenvalue weighted by Gasteiger charge is 2.20. The van der Waals surface area contributed by atoms with Crippen LogP contribution < -0.4 is 0 Å². The molecule has 7 aromatic carbocycles. The van der Waals surface area contributed by atoms with Gasteiger partial charge in [0.25, 0.3) is 0 Å². The number of hydrogen-bond donors (Lipinski definition) is 0. The normalized spacial score (nSPS) is 11.9. The topological polar surface area (TPSA) is 48.8 Å². The van der Waals surface area contributed by atoms with Gasteiger partial charge in [-0.1, -0.05) is 103 Å². The summed E-state index contributed by atoms with van der Waals surface area (Å²) in [5, 5.41) is 6.94. The molecule has 0 bridgehead atoms. The molecule has 11 aromatic rings. The molecule has 0 radical (unpaired) electrons. The Bertz CT molecular complexity index is 3130. The molecular weight excluding hydrogens is 625 g/mol. The summed E-state index contributed by atoms with van der Waals surface area (Å²) in [4.78, 5) is 10.5. The molecule has 5 heteroatoms. The Morgan fingerprint density at radius 1 is 0.373 bits per heavy atom. The third-order valence-corrected chi connectivity index (χ3v) is 10.1. The predicted octanol–water partition coefficient (Wildman–Crippen LogP) is 11.9. The molecule has 0 aliphatic rings. The van der Waals surface area contributed by atoms with E-state index in [-0.39, 0.29) is 0 Å². The van der Waals surface area contributed by atoms with E-state index >= 15 is 0 Å². The van der Waals surface area contributed by atoms with Crippen LogP contribution in [0.3, 0.4) is 0 Å². The second-order valence-electron chi connectivity index (χ2n) is 13.0. The van der Waals surface area contributed by atoms with Crippen LogP contribution in [-0.2, 0) is 0 Å². The number of nitrogens with zero attached hydrogens (tertiary/aromatic N) is 4. The third-order valence-electron chi connectivity index (χ3n) is 10.1. The highest BCUT2D eigenvalue weighted by molar-refractivity contribution is 6.19. The van der Waals surface area contributed by atoms with Crippen molar-refractivity contribution in [3.05, 3.63) is 170 Å². The van der Waals surface area contributed by atoms with Crippen LogP contribution >= 0.6 is 0 Å². The van der Waals surface area contributed by atoms with E-state index in [0.717, 1.165) is 66.8 Å². The molecule has 0 aliphatic carbocycles. The van der Waals surface area contributed by atoms with Crippen LogP contribution in [0.25, 0.3) is 99.7 Å². The molecular formula is C46H28N4O. The van der Waals surface area contributed by atoms with Crippen LogP contribution in [0.2, 0.25) is 0 Å². The Kier molecular flexibility index (Phi) is 5.89. The minimum atomic E-state index is 0.656. The van der Waals surface area contributed by atoms with Crippen LogP contribution in [-0.4, -0.2) is 19.1 Å². The van der Waals surface area contributed by atoms with Gasteiger partial charge in [-0.3, -0.25) is 4.57 Å². The molecule has 0 N–H and O–H groups in total. The van der Waals surface area contributed by atoms with Crippen LogP contribution in [0, 0.1) is 0 Å². The van der Waals surface area contributed by atoms with Crippen molar-refractivity contribution in [2.45, 2.75) is 0 Å². The fraction of sp³-hybridized carbons (Fsp3) is 0. The van der Waals surface area contributed by atoms with E-state index in [0.29, 0.717) is 5.82 Å². The second-order valence-corrected chi connectivity index (χ2v) is 13.0. The lowest BCUT2D eigenvalue weighted by Crippen LogP contribution is -2.02. The van der Waals surface area contributed by atoms with Gasteiger partial charge in [-0.2, -0.15) is 0 Å². The summed E-state index contributed by atoms with van der Waals surface area (Å²) in [5.74, 6) is 1.47. The SMILES string of the molecule is c1ccc(-c2cc(-n3c4ccccc4c4cc5c6ccccc6n(-c6ccccc6)c5cc43)nc(-c3ccc4oc5ccccc5c4c3)n2)cc1. The first-order valence-corrected chi connectivity index (χ1v) is 17.2. The van der Waals surface area contributed by atoms with Gasteiger partial charge in [0.2, 0.25) is 0 Å². The Balaban J connectivity index is 1.23. The van der Waals surface area contributed by atoms with Gasteiger partial charge in [-0.05, 0) is 60.7 Å². The van der Waals surface area contributed by atoms with Crippen molar-refractivity contribution in [2.24, 2.45) is 0 Å². The predicted molar refractivity (Wildman–Crippen MR) is 209 cm³/mol. The molecule has 0 amide bonds. The van der Waals surface area contributed by atoms with Gasteiger partial charge < -0.3 is 8.98 Å². The van der Waals surface area contributed by atoms with E-state index < -0.39 is 0 Å². The van der Waals surface area contributed by atoms with Gasteiger partial charge in [-0.15, -0.1) is 0 Å². The minimum Gasteiger partial charge on any atom is -0.456 e. The Morgan fingerprint density at radius 2 is 0.980 bits per heavy atom. The van der Waals surface area contributed by atoms with Crippen molar-refractivity contribution < 1.29 is 4.42 Å². The van der Waals surface area contributed by atoms with E-state index in [4.69, 9.17) is 14.4 Å². The summed E-state index contributed by atoms with van der Waals surface area (Å²) in [6.07, 6.45) is 0. The van der Waals surface area contributed by atoms with Crippen molar-refractivity contribution in [2.75, 3.05) is 0 Å². The number of para-hydroxylation sites is 4. The smallest absolute Gasteiger partial charge is 0.162 e. The van der Waals surface area contributed by atoms with Crippen molar-refractivity contribution in [3.8, 4) is 34.2 Å². The fourth-order valence-electron chi connectivity index (χ4n) is 7.83. The van der Waals surface area contributed by atoms with Gasteiger partial charge in [0.15, 0.2) is 5.82 Å². The Morgan fingerprint density at radius 3 is 1.75 bits per heavy atom. The molecule has 11 rings (SSSR count). The van der Waals surface area contributed by atoms with E-state index in [2.05, 4.69) is 149 Å². The lowest BCUT2D eigenvalue weighted by atomic mass is 10.1. The van der Waals surface area contributed by atoms with Crippen LogP contribution in [0.1, 0.15) is 0 Å². The summed E-state index contributed by atoms with van der Waals surface area (Å²) in [6, 6.07) is 59.5. The molecule has 51 heavy (non-hydrogen) atoms. The van der Waals surface area contributed by atoms with Crippen molar-refractivity contribution in [1.29, 1.82) is 0 Å².